The van der Waals surface area contributed by atoms with Crippen LogP contribution in [-0.4, -0.2) is 21.3 Å². The van der Waals surface area contributed by atoms with Gasteiger partial charge in [0.15, 0.2) is 0 Å². The van der Waals surface area contributed by atoms with Crippen molar-refractivity contribution in [3.8, 4) is 0 Å². The molecule has 0 amide bonds. The summed E-state index contributed by atoms with van der Waals surface area (Å²) in [6.07, 6.45) is 6.17. The number of thiophene rings is 1. The Morgan fingerprint density at radius 1 is 1.09 bits per heavy atom. The molecule has 164 valence electrons. The van der Waals surface area contributed by atoms with E-state index in [0.29, 0.717) is 23.8 Å². The van der Waals surface area contributed by atoms with Crippen LogP contribution in [0.5, 0.6) is 0 Å². The van der Waals surface area contributed by atoms with Crippen LogP contribution in [0.2, 0.25) is 0 Å². The molecule has 5 rings (SSSR count). The van der Waals surface area contributed by atoms with Gasteiger partial charge in [0.25, 0.3) is 0 Å². The number of aryl methyl sites for hydroxylation is 1. The number of benzene rings is 2. The highest BCUT2D eigenvalue weighted by Crippen LogP contribution is 2.32. The average Bonchev–Trinajstić information content (AvgIpc) is 3.55. The third-order valence-corrected chi connectivity index (χ3v) is 7.64. The SMILES string of the molecule is CCn1c2ccc(CC(=O)CC3CCCC3)cc2c2cc(C(=NO)c3cccs3)ccc21. The minimum Gasteiger partial charge on any atom is -0.410 e. The normalized spacial score (nSPS) is 15.2. The summed E-state index contributed by atoms with van der Waals surface area (Å²) in [5.74, 6) is 0.938. The molecule has 2 aromatic carbocycles. The summed E-state index contributed by atoms with van der Waals surface area (Å²) in [6, 6.07) is 16.6. The molecule has 1 aliphatic carbocycles. The molecule has 1 N–H and O–H groups in total. The maximum atomic E-state index is 12.7. The lowest BCUT2D eigenvalue weighted by atomic mass is 9.96. The lowest BCUT2D eigenvalue weighted by molar-refractivity contribution is -0.119. The number of oxime groups is 1. The van der Waals surface area contributed by atoms with E-state index in [4.69, 9.17) is 0 Å². The first-order valence-electron chi connectivity index (χ1n) is 11.5. The Hall–Kier alpha value is -2.92. The van der Waals surface area contributed by atoms with Gasteiger partial charge in [0.1, 0.15) is 11.5 Å². The highest BCUT2D eigenvalue weighted by Gasteiger charge is 2.19. The van der Waals surface area contributed by atoms with Gasteiger partial charge in [0.2, 0.25) is 0 Å². The van der Waals surface area contributed by atoms with Crippen molar-refractivity contribution in [1.29, 1.82) is 0 Å². The molecule has 4 aromatic rings. The van der Waals surface area contributed by atoms with Crippen molar-refractivity contribution in [2.45, 2.75) is 52.0 Å². The molecular weight excluding hydrogens is 416 g/mol. The molecule has 0 aliphatic heterocycles. The first-order valence-corrected chi connectivity index (χ1v) is 12.4. The van der Waals surface area contributed by atoms with E-state index in [0.717, 1.165) is 45.3 Å². The zero-order valence-corrected chi connectivity index (χ0v) is 19.2. The van der Waals surface area contributed by atoms with Gasteiger partial charge >= 0.3 is 0 Å². The van der Waals surface area contributed by atoms with Crippen molar-refractivity contribution >= 4 is 44.6 Å². The predicted molar refractivity (Wildman–Crippen MR) is 132 cm³/mol. The van der Waals surface area contributed by atoms with Crippen molar-refractivity contribution < 1.29 is 10.0 Å². The van der Waals surface area contributed by atoms with Gasteiger partial charge in [-0.3, -0.25) is 4.79 Å². The molecule has 0 saturated heterocycles. The van der Waals surface area contributed by atoms with Crippen molar-refractivity contribution in [3.63, 3.8) is 0 Å². The maximum Gasteiger partial charge on any atom is 0.137 e. The zero-order valence-electron chi connectivity index (χ0n) is 18.4. The summed E-state index contributed by atoms with van der Waals surface area (Å²) in [5, 5.41) is 17.6. The number of Topliss-reactive ketones (excluding diaryl/α,β-unsaturated/α-hetero) is 1. The number of hydrogen-bond donors (Lipinski definition) is 1. The summed E-state index contributed by atoms with van der Waals surface area (Å²) < 4.78 is 2.31. The van der Waals surface area contributed by atoms with E-state index >= 15 is 0 Å². The first kappa shape index (κ1) is 21.0. The van der Waals surface area contributed by atoms with Gasteiger partial charge in [-0.15, -0.1) is 11.3 Å². The third-order valence-electron chi connectivity index (χ3n) is 6.77. The van der Waals surface area contributed by atoms with E-state index in [9.17, 15) is 10.0 Å². The minimum atomic E-state index is 0.351. The van der Waals surface area contributed by atoms with Crippen molar-refractivity contribution in [2.75, 3.05) is 0 Å². The quantitative estimate of drug-likeness (QED) is 0.194. The molecule has 4 nitrogen and oxygen atoms in total. The number of fused-ring (bicyclic) bond motifs is 3. The van der Waals surface area contributed by atoms with Crippen molar-refractivity contribution in [2.24, 2.45) is 11.1 Å². The second-order valence-electron chi connectivity index (χ2n) is 8.82. The first-order chi connectivity index (χ1) is 15.7. The van der Waals surface area contributed by atoms with E-state index in [2.05, 4.69) is 47.0 Å². The molecule has 0 atom stereocenters. The van der Waals surface area contributed by atoms with Gasteiger partial charge in [-0.2, -0.15) is 0 Å². The van der Waals surface area contributed by atoms with E-state index < -0.39 is 0 Å². The lowest BCUT2D eigenvalue weighted by Gasteiger charge is -2.08. The van der Waals surface area contributed by atoms with E-state index in [-0.39, 0.29) is 0 Å². The Bertz CT molecular complexity index is 1290. The Kier molecular flexibility index (Phi) is 5.83. The molecule has 0 spiro atoms. The number of nitrogens with zero attached hydrogens (tertiary/aromatic N) is 2. The van der Waals surface area contributed by atoms with Gasteiger partial charge in [-0.1, -0.05) is 49.0 Å². The van der Waals surface area contributed by atoms with Gasteiger partial charge in [0.05, 0.1) is 4.88 Å². The van der Waals surface area contributed by atoms with Crippen molar-refractivity contribution in [3.05, 3.63) is 69.9 Å². The molecule has 32 heavy (non-hydrogen) atoms. The number of rotatable bonds is 7. The smallest absolute Gasteiger partial charge is 0.137 e. The van der Waals surface area contributed by atoms with E-state index in [1.807, 2.05) is 23.6 Å². The molecule has 2 heterocycles. The maximum absolute atomic E-state index is 12.7. The summed E-state index contributed by atoms with van der Waals surface area (Å²) in [6.45, 7) is 3.02. The second-order valence-corrected chi connectivity index (χ2v) is 9.77. The van der Waals surface area contributed by atoms with Gasteiger partial charge < -0.3 is 9.77 Å². The summed E-state index contributed by atoms with van der Waals surface area (Å²) in [5.41, 5.74) is 4.88. The van der Waals surface area contributed by atoms with Crippen LogP contribution in [0.15, 0.2) is 59.1 Å². The van der Waals surface area contributed by atoms with Crippen LogP contribution >= 0.6 is 11.3 Å². The Labute approximate surface area is 192 Å². The van der Waals surface area contributed by atoms with Crippen LogP contribution in [0.25, 0.3) is 21.8 Å². The fraction of sp³-hybridized carbons (Fsp3) is 0.333. The van der Waals surface area contributed by atoms with Crippen LogP contribution in [-0.2, 0) is 17.8 Å². The van der Waals surface area contributed by atoms with Gasteiger partial charge in [-0.05, 0) is 54.1 Å². The van der Waals surface area contributed by atoms with Crippen LogP contribution in [0.4, 0.5) is 0 Å². The fourth-order valence-electron chi connectivity index (χ4n) is 5.25. The molecule has 2 aromatic heterocycles. The highest BCUT2D eigenvalue weighted by molar-refractivity contribution is 7.12. The molecule has 0 bridgehead atoms. The van der Waals surface area contributed by atoms with Crippen LogP contribution < -0.4 is 0 Å². The summed E-state index contributed by atoms with van der Waals surface area (Å²) in [7, 11) is 0. The zero-order chi connectivity index (χ0) is 22.1. The molecule has 1 saturated carbocycles. The van der Waals surface area contributed by atoms with Crippen molar-refractivity contribution in [1.82, 2.24) is 4.57 Å². The molecule has 1 fully saturated rings. The van der Waals surface area contributed by atoms with E-state index in [1.165, 1.54) is 31.2 Å². The standard InChI is InChI=1S/C27H28N2O2S/c1-2-29-24-11-9-19(15-21(30)14-18-6-3-4-7-18)16-22(24)23-17-20(10-12-25(23)29)27(28-31)26-8-5-13-32-26/h5,8-13,16-18,31H,2-4,6-7,14-15H2,1H3. The predicted octanol–water partition coefficient (Wildman–Crippen LogP) is 6.79. The third kappa shape index (κ3) is 3.86. The Morgan fingerprint density at radius 2 is 1.84 bits per heavy atom. The number of ketones is 1. The molecule has 0 unspecified atom stereocenters. The monoisotopic (exact) mass is 444 g/mol. The fourth-order valence-corrected chi connectivity index (χ4v) is 5.98. The Balaban J connectivity index is 1.54. The molecule has 1 aliphatic rings. The van der Waals surface area contributed by atoms with Crippen LogP contribution in [0, 0.1) is 5.92 Å². The van der Waals surface area contributed by atoms with Gasteiger partial charge in [-0.25, -0.2) is 0 Å². The summed E-state index contributed by atoms with van der Waals surface area (Å²) >= 11 is 1.56. The molecule has 5 heteroatoms. The van der Waals surface area contributed by atoms with Crippen LogP contribution in [0.1, 0.15) is 55.0 Å². The molecule has 0 radical (unpaired) electrons. The average molecular weight is 445 g/mol. The van der Waals surface area contributed by atoms with Gasteiger partial charge in [0, 0.05) is 46.8 Å². The van der Waals surface area contributed by atoms with Crippen LogP contribution in [0.3, 0.4) is 0 Å². The second kappa shape index (κ2) is 8.91. The number of carbonyl (C=O) groups excluding carboxylic acids is 1. The summed E-state index contributed by atoms with van der Waals surface area (Å²) in [4.78, 5) is 13.6. The number of hydrogen-bond acceptors (Lipinski definition) is 4. The number of carbonyl (C=O) groups is 1. The topological polar surface area (TPSA) is 54.6 Å². The largest absolute Gasteiger partial charge is 0.410 e. The Morgan fingerprint density at radius 3 is 2.53 bits per heavy atom. The lowest BCUT2D eigenvalue weighted by Crippen LogP contribution is -2.08. The molecular formula is C27H28N2O2S. The minimum absolute atomic E-state index is 0.351. The van der Waals surface area contributed by atoms with E-state index in [1.54, 1.807) is 11.3 Å². The highest BCUT2D eigenvalue weighted by atomic mass is 32.1. The number of aromatic nitrogens is 1.